The van der Waals surface area contributed by atoms with Crippen molar-refractivity contribution in [2.24, 2.45) is 0 Å². The van der Waals surface area contributed by atoms with Gasteiger partial charge in [-0.05, 0) is 37.6 Å². The number of aryl methyl sites for hydroxylation is 3. The van der Waals surface area contributed by atoms with Crippen molar-refractivity contribution in [3.05, 3.63) is 94.7 Å². The second kappa shape index (κ2) is 10.7. The van der Waals surface area contributed by atoms with Gasteiger partial charge in [0.1, 0.15) is 17.5 Å². The lowest BCUT2D eigenvalue weighted by Gasteiger charge is -2.14. The van der Waals surface area contributed by atoms with Gasteiger partial charge in [0.15, 0.2) is 0 Å². The number of methoxy groups -OCH3 is 1. The molecule has 0 aliphatic carbocycles. The molecular weight excluding hydrogens is 454 g/mol. The molecule has 5 rings (SSSR count). The van der Waals surface area contributed by atoms with Gasteiger partial charge in [-0.15, -0.1) is 0 Å². The summed E-state index contributed by atoms with van der Waals surface area (Å²) in [7, 11) is 1.52. The molecule has 2 aromatic carbocycles. The number of nitrogens with zero attached hydrogens (tertiary/aromatic N) is 6. The van der Waals surface area contributed by atoms with E-state index in [1.807, 2.05) is 69.3 Å². The first-order valence-corrected chi connectivity index (χ1v) is 11.4. The van der Waals surface area contributed by atoms with Crippen LogP contribution in [0.3, 0.4) is 0 Å². The molecule has 0 aliphatic rings. The molecule has 0 fully saturated rings. The first-order valence-electron chi connectivity index (χ1n) is 11.4. The molecule has 0 amide bonds. The van der Waals surface area contributed by atoms with Gasteiger partial charge in [0.05, 0.1) is 23.7 Å². The summed E-state index contributed by atoms with van der Waals surface area (Å²) in [4.78, 5) is 34.4. The lowest BCUT2D eigenvalue weighted by Crippen LogP contribution is -2.24. The molecule has 2 N–H and O–H groups in total. The van der Waals surface area contributed by atoms with Gasteiger partial charge in [-0.3, -0.25) is 9.36 Å². The molecule has 0 atom stereocenters. The van der Waals surface area contributed by atoms with E-state index in [0.717, 1.165) is 34.0 Å². The van der Waals surface area contributed by atoms with Crippen LogP contribution < -0.4 is 16.0 Å². The van der Waals surface area contributed by atoms with Gasteiger partial charge in [0.25, 0.3) is 5.56 Å². The SMILES string of the molecule is CCc1nc2cccc(-c3cnc(OC)nc3)c2c(=O)n1-c1ccccc1.Cc1ncc(C)c(N)n1. The molecule has 0 spiro atoms. The molecule has 0 aliphatic heterocycles. The van der Waals surface area contributed by atoms with Crippen LogP contribution in [0, 0.1) is 13.8 Å². The topological polar surface area (TPSA) is 122 Å². The Morgan fingerprint density at radius 2 is 1.64 bits per heavy atom. The Bertz CT molecular complexity index is 1550. The fraction of sp³-hybridized carbons (Fsp3) is 0.185. The molecule has 0 radical (unpaired) electrons. The number of benzene rings is 2. The van der Waals surface area contributed by atoms with Gasteiger partial charge in [0.2, 0.25) is 0 Å². The van der Waals surface area contributed by atoms with Gasteiger partial charge in [0, 0.05) is 36.1 Å². The maximum atomic E-state index is 13.5. The van der Waals surface area contributed by atoms with Crippen molar-refractivity contribution < 1.29 is 4.74 Å². The Hall–Kier alpha value is -4.66. The molecule has 3 heterocycles. The average molecular weight is 482 g/mol. The van der Waals surface area contributed by atoms with Crippen molar-refractivity contribution in [2.75, 3.05) is 12.8 Å². The van der Waals surface area contributed by atoms with E-state index in [1.54, 1.807) is 23.2 Å². The summed E-state index contributed by atoms with van der Waals surface area (Å²) < 4.78 is 6.70. The van der Waals surface area contributed by atoms with E-state index in [0.29, 0.717) is 23.1 Å². The van der Waals surface area contributed by atoms with E-state index >= 15 is 0 Å². The number of anilines is 1. The number of fused-ring (bicyclic) bond motifs is 1. The fourth-order valence-corrected chi connectivity index (χ4v) is 3.71. The number of nitrogens with two attached hydrogens (primary N) is 1. The van der Waals surface area contributed by atoms with Crippen LogP contribution in [0.5, 0.6) is 6.01 Å². The molecule has 0 bridgehead atoms. The van der Waals surface area contributed by atoms with Crippen LogP contribution in [0.2, 0.25) is 0 Å². The lowest BCUT2D eigenvalue weighted by molar-refractivity contribution is 0.380. The van der Waals surface area contributed by atoms with E-state index in [1.165, 1.54) is 7.11 Å². The van der Waals surface area contributed by atoms with Gasteiger partial charge >= 0.3 is 6.01 Å². The summed E-state index contributed by atoms with van der Waals surface area (Å²) >= 11 is 0. The van der Waals surface area contributed by atoms with E-state index in [2.05, 4.69) is 19.9 Å². The molecule has 3 aromatic heterocycles. The second-order valence-corrected chi connectivity index (χ2v) is 8.00. The van der Waals surface area contributed by atoms with Crippen LogP contribution in [0.4, 0.5) is 5.82 Å². The monoisotopic (exact) mass is 481 g/mol. The highest BCUT2D eigenvalue weighted by molar-refractivity contribution is 5.93. The first-order chi connectivity index (χ1) is 17.4. The normalized spacial score (nSPS) is 10.6. The smallest absolute Gasteiger partial charge is 0.316 e. The van der Waals surface area contributed by atoms with Crippen LogP contribution in [-0.4, -0.2) is 36.6 Å². The summed E-state index contributed by atoms with van der Waals surface area (Å²) in [6.07, 6.45) is 5.68. The zero-order valence-corrected chi connectivity index (χ0v) is 20.6. The maximum absolute atomic E-state index is 13.5. The largest absolute Gasteiger partial charge is 0.467 e. The number of para-hydroxylation sites is 1. The summed E-state index contributed by atoms with van der Waals surface area (Å²) in [5, 5.41) is 0.548. The number of ether oxygens (including phenoxy) is 1. The summed E-state index contributed by atoms with van der Waals surface area (Å²) in [5.41, 5.74) is 9.25. The number of aromatic nitrogens is 6. The minimum Gasteiger partial charge on any atom is -0.467 e. The van der Waals surface area contributed by atoms with Gasteiger partial charge < -0.3 is 10.5 Å². The highest BCUT2D eigenvalue weighted by atomic mass is 16.5. The summed E-state index contributed by atoms with van der Waals surface area (Å²) in [6.45, 7) is 5.69. The van der Waals surface area contributed by atoms with E-state index in [9.17, 15) is 4.79 Å². The standard InChI is InChI=1S/C21H18N4O2.C6H9N3/c1-3-18-24-17-11-7-10-16(14-12-22-21(27-2)23-13-14)19(17)20(26)25(18)15-8-5-4-6-9-15;1-4-3-8-5(2)9-6(4)7/h4-13H,3H2,1-2H3;3H,1-2H3,(H2,7,8,9). The van der Waals surface area contributed by atoms with E-state index in [-0.39, 0.29) is 11.6 Å². The predicted octanol–water partition coefficient (Wildman–Crippen LogP) is 4.09. The molecule has 0 saturated heterocycles. The average Bonchev–Trinajstić information content (AvgIpc) is 2.91. The minimum atomic E-state index is -0.102. The van der Waals surface area contributed by atoms with Crippen LogP contribution in [0.1, 0.15) is 24.1 Å². The molecule has 5 aromatic rings. The van der Waals surface area contributed by atoms with Crippen LogP contribution in [0.25, 0.3) is 27.7 Å². The first kappa shape index (κ1) is 24.5. The number of nitrogen functional groups attached to an aromatic ring is 1. The van der Waals surface area contributed by atoms with Crippen molar-refractivity contribution >= 4 is 16.7 Å². The second-order valence-electron chi connectivity index (χ2n) is 8.00. The Labute approximate surface area is 208 Å². The van der Waals surface area contributed by atoms with Crippen LogP contribution in [0.15, 0.2) is 71.9 Å². The lowest BCUT2D eigenvalue weighted by atomic mass is 10.0. The molecule has 0 saturated carbocycles. The van der Waals surface area contributed by atoms with Gasteiger partial charge in [-0.2, -0.15) is 0 Å². The quantitative estimate of drug-likeness (QED) is 0.407. The Morgan fingerprint density at radius 1 is 0.917 bits per heavy atom. The van der Waals surface area contributed by atoms with Crippen molar-refractivity contribution in [1.82, 2.24) is 29.5 Å². The van der Waals surface area contributed by atoms with Crippen LogP contribution in [-0.2, 0) is 6.42 Å². The highest BCUT2D eigenvalue weighted by Crippen LogP contribution is 2.26. The summed E-state index contributed by atoms with van der Waals surface area (Å²) in [6, 6.07) is 15.5. The molecule has 182 valence electrons. The van der Waals surface area contributed by atoms with E-state index < -0.39 is 0 Å². The molecular formula is C27H27N7O2. The third kappa shape index (κ3) is 5.05. The van der Waals surface area contributed by atoms with Crippen molar-refractivity contribution in [2.45, 2.75) is 27.2 Å². The minimum absolute atomic E-state index is 0.102. The fourth-order valence-electron chi connectivity index (χ4n) is 3.71. The molecule has 9 heteroatoms. The molecule has 0 unspecified atom stereocenters. The van der Waals surface area contributed by atoms with Gasteiger partial charge in [-0.1, -0.05) is 37.3 Å². The maximum Gasteiger partial charge on any atom is 0.316 e. The number of hydrogen-bond donors (Lipinski definition) is 1. The van der Waals surface area contributed by atoms with E-state index in [4.69, 9.17) is 15.5 Å². The molecule has 36 heavy (non-hydrogen) atoms. The van der Waals surface area contributed by atoms with Crippen molar-refractivity contribution in [3.8, 4) is 22.8 Å². The predicted molar refractivity (Wildman–Crippen MR) is 140 cm³/mol. The Kier molecular flexibility index (Phi) is 7.29. The Balaban J connectivity index is 0.000000286. The van der Waals surface area contributed by atoms with Crippen LogP contribution >= 0.6 is 0 Å². The number of hydrogen-bond acceptors (Lipinski definition) is 8. The molecule has 9 nitrogen and oxygen atoms in total. The third-order valence-electron chi connectivity index (χ3n) is 5.55. The third-order valence-corrected chi connectivity index (χ3v) is 5.55. The zero-order valence-electron chi connectivity index (χ0n) is 20.6. The Morgan fingerprint density at radius 3 is 2.25 bits per heavy atom. The summed E-state index contributed by atoms with van der Waals surface area (Å²) in [5.74, 6) is 2.02. The van der Waals surface area contributed by atoms with Crippen molar-refractivity contribution in [1.29, 1.82) is 0 Å². The highest BCUT2D eigenvalue weighted by Gasteiger charge is 2.16. The number of rotatable bonds is 4. The van der Waals surface area contributed by atoms with Gasteiger partial charge in [-0.25, -0.2) is 24.9 Å². The zero-order chi connectivity index (χ0) is 25.7. The van der Waals surface area contributed by atoms with Crippen molar-refractivity contribution in [3.63, 3.8) is 0 Å².